The molecule has 0 saturated heterocycles. The monoisotopic (exact) mass is 393 g/mol. The first-order valence-corrected chi connectivity index (χ1v) is 6.64. The number of anilines is 1. The molecule has 0 aliphatic heterocycles. The van der Waals surface area contributed by atoms with Crippen LogP contribution < -0.4 is 5.32 Å². The van der Waals surface area contributed by atoms with Crippen LogP contribution in [0.3, 0.4) is 0 Å². The van der Waals surface area contributed by atoms with Crippen LogP contribution in [0.5, 0.6) is 0 Å². The number of hydrogen-bond donors (Lipinski definition) is 1. The van der Waals surface area contributed by atoms with Gasteiger partial charge in [-0.3, -0.25) is 4.79 Å². The summed E-state index contributed by atoms with van der Waals surface area (Å²) in [5.74, 6) is -2.04. The van der Waals surface area contributed by atoms with E-state index in [1.165, 1.54) is 6.07 Å². The smallest absolute Gasteiger partial charge is 0.255 e. The molecule has 0 aliphatic carbocycles. The fourth-order valence-electron chi connectivity index (χ4n) is 1.42. The summed E-state index contributed by atoms with van der Waals surface area (Å²) in [6, 6.07) is 7.68. The second kappa shape index (κ2) is 5.83. The van der Waals surface area contributed by atoms with Crippen LogP contribution in [0.15, 0.2) is 36.4 Å². The summed E-state index contributed by atoms with van der Waals surface area (Å²) in [7, 11) is 0. The normalized spacial score (nSPS) is 10.3. The summed E-state index contributed by atoms with van der Waals surface area (Å²) < 4.78 is 26.9. The van der Waals surface area contributed by atoms with Crippen molar-refractivity contribution in [3.63, 3.8) is 0 Å². The average molecular weight is 394 g/mol. The highest BCUT2D eigenvalue weighted by Crippen LogP contribution is 2.21. The summed E-state index contributed by atoms with van der Waals surface area (Å²) in [5.41, 5.74) is 0.218. The van der Waals surface area contributed by atoms with Gasteiger partial charge >= 0.3 is 0 Å². The number of halogens is 4. The standard InChI is InChI=1S/C13H7ClF2INO/c14-9-5-7(1-3-11(9)17)13(19)18-12-4-2-8(15)6-10(12)16/h1-6H,(H,18,19). The largest absolute Gasteiger partial charge is 0.319 e. The molecule has 0 heterocycles. The van der Waals surface area contributed by atoms with Crippen molar-refractivity contribution in [3.05, 3.63) is 62.2 Å². The first-order valence-electron chi connectivity index (χ1n) is 5.19. The van der Waals surface area contributed by atoms with Crippen LogP contribution in [0, 0.1) is 15.2 Å². The van der Waals surface area contributed by atoms with Crippen molar-refractivity contribution in [2.75, 3.05) is 5.32 Å². The van der Waals surface area contributed by atoms with Crippen molar-refractivity contribution in [1.29, 1.82) is 0 Å². The highest BCUT2D eigenvalue weighted by atomic mass is 127. The molecule has 0 spiro atoms. The van der Waals surface area contributed by atoms with Gasteiger partial charge in [0.1, 0.15) is 11.6 Å². The lowest BCUT2D eigenvalue weighted by atomic mass is 10.2. The Hall–Kier alpha value is -1.21. The second-order valence-electron chi connectivity index (χ2n) is 3.71. The summed E-state index contributed by atoms with van der Waals surface area (Å²) in [4.78, 5) is 11.9. The van der Waals surface area contributed by atoms with Gasteiger partial charge in [0.2, 0.25) is 0 Å². The van der Waals surface area contributed by atoms with Crippen LogP contribution in [-0.4, -0.2) is 5.91 Å². The van der Waals surface area contributed by atoms with Crippen LogP contribution in [0.4, 0.5) is 14.5 Å². The molecular formula is C13H7ClF2INO. The SMILES string of the molecule is O=C(Nc1ccc(F)cc1F)c1ccc(I)c(Cl)c1. The summed E-state index contributed by atoms with van der Waals surface area (Å²) in [6.45, 7) is 0. The zero-order valence-corrected chi connectivity index (χ0v) is 12.3. The predicted molar refractivity (Wildman–Crippen MR) is 78.5 cm³/mol. The van der Waals surface area contributed by atoms with Gasteiger partial charge in [-0.2, -0.15) is 0 Å². The van der Waals surface area contributed by atoms with Gasteiger partial charge in [0.05, 0.1) is 10.7 Å². The Morgan fingerprint density at radius 2 is 1.89 bits per heavy atom. The molecule has 6 heteroatoms. The molecule has 0 aromatic heterocycles. The van der Waals surface area contributed by atoms with Gasteiger partial charge in [0.15, 0.2) is 0 Å². The van der Waals surface area contributed by atoms with Crippen molar-refractivity contribution in [2.24, 2.45) is 0 Å². The van der Waals surface area contributed by atoms with Gasteiger partial charge in [-0.05, 0) is 52.9 Å². The second-order valence-corrected chi connectivity index (χ2v) is 5.28. The maximum absolute atomic E-state index is 13.4. The van der Waals surface area contributed by atoms with Crippen LogP contribution >= 0.6 is 34.2 Å². The molecule has 1 N–H and O–H groups in total. The van der Waals surface area contributed by atoms with Gasteiger partial charge in [-0.25, -0.2) is 8.78 Å². The third kappa shape index (κ3) is 3.42. The molecule has 98 valence electrons. The van der Waals surface area contributed by atoms with E-state index in [0.717, 1.165) is 15.7 Å². The molecule has 19 heavy (non-hydrogen) atoms. The first-order chi connectivity index (χ1) is 8.97. The zero-order valence-electron chi connectivity index (χ0n) is 9.38. The molecule has 0 atom stereocenters. The Kier molecular flexibility index (Phi) is 4.36. The van der Waals surface area contributed by atoms with E-state index in [-0.39, 0.29) is 5.69 Å². The maximum Gasteiger partial charge on any atom is 0.255 e. The topological polar surface area (TPSA) is 29.1 Å². The number of carbonyl (C=O) groups excluding carboxylic acids is 1. The molecule has 0 unspecified atom stereocenters. The third-order valence-corrected chi connectivity index (χ3v) is 3.93. The molecule has 0 radical (unpaired) electrons. The van der Waals surface area contributed by atoms with E-state index in [9.17, 15) is 13.6 Å². The van der Waals surface area contributed by atoms with Crippen molar-refractivity contribution < 1.29 is 13.6 Å². The number of carbonyl (C=O) groups is 1. The fraction of sp³-hybridized carbons (Fsp3) is 0. The minimum Gasteiger partial charge on any atom is -0.319 e. The van der Waals surface area contributed by atoms with Crippen molar-refractivity contribution in [1.82, 2.24) is 0 Å². The Morgan fingerprint density at radius 3 is 2.53 bits per heavy atom. The minimum absolute atomic E-state index is 0.0823. The lowest BCUT2D eigenvalue weighted by Crippen LogP contribution is -2.13. The molecule has 0 aliphatic rings. The quantitative estimate of drug-likeness (QED) is 0.749. The average Bonchev–Trinajstić information content (AvgIpc) is 2.36. The summed E-state index contributed by atoms with van der Waals surface area (Å²) in [5, 5.41) is 2.80. The highest BCUT2D eigenvalue weighted by molar-refractivity contribution is 14.1. The van der Waals surface area contributed by atoms with Crippen LogP contribution in [-0.2, 0) is 0 Å². The molecule has 2 rings (SSSR count). The van der Waals surface area contributed by atoms with Crippen LogP contribution in [0.25, 0.3) is 0 Å². The van der Waals surface area contributed by atoms with E-state index >= 15 is 0 Å². The molecular weight excluding hydrogens is 387 g/mol. The van der Waals surface area contributed by atoms with Crippen LogP contribution in [0.2, 0.25) is 5.02 Å². The first kappa shape index (κ1) is 14.2. The van der Waals surface area contributed by atoms with E-state index < -0.39 is 17.5 Å². The van der Waals surface area contributed by atoms with E-state index in [0.29, 0.717) is 16.7 Å². The summed E-state index contributed by atoms with van der Waals surface area (Å²) in [6.07, 6.45) is 0. The molecule has 0 bridgehead atoms. The number of nitrogens with one attached hydrogen (secondary N) is 1. The molecule has 0 saturated carbocycles. The molecule has 2 nitrogen and oxygen atoms in total. The van der Waals surface area contributed by atoms with Crippen molar-refractivity contribution in [2.45, 2.75) is 0 Å². The minimum atomic E-state index is -0.829. The van der Waals surface area contributed by atoms with E-state index in [1.807, 2.05) is 22.6 Å². The zero-order chi connectivity index (χ0) is 14.0. The number of benzene rings is 2. The highest BCUT2D eigenvalue weighted by Gasteiger charge is 2.11. The van der Waals surface area contributed by atoms with E-state index in [1.54, 1.807) is 12.1 Å². The predicted octanol–water partition coefficient (Wildman–Crippen LogP) is 4.48. The summed E-state index contributed by atoms with van der Waals surface area (Å²) >= 11 is 7.93. The van der Waals surface area contributed by atoms with Crippen LogP contribution in [0.1, 0.15) is 10.4 Å². The van der Waals surface area contributed by atoms with E-state index in [2.05, 4.69) is 5.32 Å². The number of rotatable bonds is 2. The van der Waals surface area contributed by atoms with Gasteiger partial charge in [-0.1, -0.05) is 11.6 Å². The lowest BCUT2D eigenvalue weighted by Gasteiger charge is -2.07. The van der Waals surface area contributed by atoms with Gasteiger partial charge < -0.3 is 5.32 Å². The van der Waals surface area contributed by atoms with Crippen molar-refractivity contribution in [3.8, 4) is 0 Å². The third-order valence-electron chi connectivity index (χ3n) is 2.36. The number of hydrogen-bond acceptors (Lipinski definition) is 1. The molecule has 0 fully saturated rings. The van der Waals surface area contributed by atoms with Gasteiger partial charge in [-0.15, -0.1) is 0 Å². The Bertz CT molecular complexity index is 649. The van der Waals surface area contributed by atoms with Gasteiger partial charge in [0, 0.05) is 15.2 Å². The Balaban J connectivity index is 2.23. The fourth-order valence-corrected chi connectivity index (χ4v) is 1.94. The molecule has 1 amide bonds. The van der Waals surface area contributed by atoms with E-state index in [4.69, 9.17) is 11.6 Å². The Morgan fingerprint density at radius 1 is 1.16 bits per heavy atom. The number of amides is 1. The van der Waals surface area contributed by atoms with Crippen molar-refractivity contribution >= 4 is 45.8 Å². The lowest BCUT2D eigenvalue weighted by molar-refractivity contribution is 0.102. The molecule has 2 aromatic rings. The maximum atomic E-state index is 13.4. The Labute approximate surface area is 126 Å². The van der Waals surface area contributed by atoms with Gasteiger partial charge in [0.25, 0.3) is 5.91 Å². The molecule has 2 aromatic carbocycles.